The third-order valence-electron chi connectivity index (χ3n) is 0.955. The normalized spacial score (nSPS) is 32.2. The van der Waals surface area contributed by atoms with Crippen molar-refractivity contribution in [1.82, 2.24) is 5.32 Å². The molecule has 0 saturated carbocycles. The molecule has 1 heterocycles. The zero-order valence-corrected chi connectivity index (χ0v) is 6.54. The van der Waals surface area contributed by atoms with Gasteiger partial charge in [-0.15, -0.1) is 0 Å². The molecular weight excluding hydrogens is 156 g/mol. The Balaban J connectivity index is 2.63. The topological polar surface area (TPSA) is 24.4 Å². The highest BCUT2D eigenvalue weighted by molar-refractivity contribution is 8.01. The van der Waals surface area contributed by atoms with E-state index in [0.717, 1.165) is 0 Å². The predicted molar refractivity (Wildman–Crippen MR) is 42.9 cm³/mol. The van der Waals surface area contributed by atoms with Crippen molar-refractivity contribution in [3.05, 3.63) is 12.3 Å². The summed E-state index contributed by atoms with van der Waals surface area (Å²) >= 11 is 7.32. The van der Waals surface area contributed by atoms with E-state index in [4.69, 9.17) is 11.6 Å². The van der Waals surface area contributed by atoms with Gasteiger partial charge in [-0.3, -0.25) is 0 Å². The molecule has 2 nitrogen and oxygen atoms in total. The van der Waals surface area contributed by atoms with Crippen molar-refractivity contribution in [2.24, 2.45) is 4.99 Å². The van der Waals surface area contributed by atoms with Crippen LogP contribution in [0.5, 0.6) is 0 Å². The van der Waals surface area contributed by atoms with Crippen LogP contribution in [0.1, 0.15) is 0 Å². The zero-order chi connectivity index (χ0) is 6.74. The Hall–Kier alpha value is -0.150. The Morgan fingerprint density at radius 2 is 2.56 bits per heavy atom. The highest BCUT2D eigenvalue weighted by atomic mass is 35.5. The van der Waals surface area contributed by atoms with Crippen molar-refractivity contribution >= 4 is 29.6 Å². The predicted octanol–water partition coefficient (Wildman–Crippen LogP) is 1.39. The number of rotatable bonds is 1. The van der Waals surface area contributed by atoms with Crippen molar-refractivity contribution in [1.29, 1.82) is 0 Å². The minimum Gasteiger partial charge on any atom is -0.346 e. The molecule has 1 unspecified atom stereocenters. The van der Waals surface area contributed by atoms with Crippen molar-refractivity contribution in [3.63, 3.8) is 0 Å². The maximum atomic E-state index is 5.86. The Bertz CT molecular complexity index is 157. The minimum atomic E-state index is -0.658. The SMILES string of the molecule is CSC1(Cl)N=CC=CN1. The number of hydrogen-bond acceptors (Lipinski definition) is 3. The second kappa shape index (κ2) is 2.62. The molecule has 0 aromatic carbocycles. The third-order valence-corrected chi connectivity index (χ3v) is 2.39. The second-order valence-corrected chi connectivity index (χ2v) is 3.32. The lowest BCUT2D eigenvalue weighted by atomic mass is 10.6. The molecule has 1 aliphatic rings. The van der Waals surface area contributed by atoms with Crippen LogP contribution in [-0.2, 0) is 0 Å². The quantitative estimate of drug-likeness (QED) is 0.466. The van der Waals surface area contributed by atoms with Gasteiger partial charge in [0.25, 0.3) is 4.45 Å². The maximum Gasteiger partial charge on any atom is 0.255 e. The number of thioether (sulfide) groups is 1. The highest BCUT2D eigenvalue weighted by Crippen LogP contribution is 2.26. The molecule has 1 N–H and O–H groups in total. The first kappa shape index (κ1) is 6.96. The van der Waals surface area contributed by atoms with Gasteiger partial charge in [0.05, 0.1) is 0 Å². The van der Waals surface area contributed by atoms with Gasteiger partial charge in [0.2, 0.25) is 0 Å². The van der Waals surface area contributed by atoms with E-state index in [0.29, 0.717) is 0 Å². The van der Waals surface area contributed by atoms with E-state index in [-0.39, 0.29) is 0 Å². The van der Waals surface area contributed by atoms with Crippen LogP contribution >= 0.6 is 23.4 Å². The summed E-state index contributed by atoms with van der Waals surface area (Å²) < 4.78 is -0.658. The van der Waals surface area contributed by atoms with Gasteiger partial charge < -0.3 is 5.32 Å². The summed E-state index contributed by atoms with van der Waals surface area (Å²) in [6, 6.07) is 0. The fraction of sp³-hybridized carbons (Fsp3) is 0.400. The molecular formula is C5H7ClN2S. The van der Waals surface area contributed by atoms with E-state index in [1.165, 1.54) is 11.8 Å². The Morgan fingerprint density at radius 1 is 1.78 bits per heavy atom. The van der Waals surface area contributed by atoms with Gasteiger partial charge >= 0.3 is 0 Å². The number of alkyl halides is 1. The average molecular weight is 163 g/mol. The van der Waals surface area contributed by atoms with Gasteiger partial charge in [-0.1, -0.05) is 23.4 Å². The smallest absolute Gasteiger partial charge is 0.255 e. The van der Waals surface area contributed by atoms with Crippen molar-refractivity contribution < 1.29 is 0 Å². The summed E-state index contributed by atoms with van der Waals surface area (Å²) in [5.74, 6) is 0. The molecule has 1 aliphatic heterocycles. The second-order valence-electron chi connectivity index (χ2n) is 1.55. The van der Waals surface area contributed by atoms with Gasteiger partial charge in [0.15, 0.2) is 0 Å². The Morgan fingerprint density at radius 3 is 2.89 bits per heavy atom. The maximum absolute atomic E-state index is 5.86. The first-order valence-electron chi connectivity index (χ1n) is 2.49. The number of hydrogen-bond donors (Lipinski definition) is 1. The molecule has 50 valence electrons. The molecule has 0 bridgehead atoms. The monoisotopic (exact) mass is 162 g/mol. The molecule has 0 fully saturated rings. The Kier molecular flexibility index (Phi) is 2.03. The summed E-state index contributed by atoms with van der Waals surface area (Å²) in [5.41, 5.74) is 0. The summed E-state index contributed by atoms with van der Waals surface area (Å²) in [4.78, 5) is 3.99. The van der Waals surface area contributed by atoms with Crippen molar-refractivity contribution in [2.45, 2.75) is 4.45 Å². The fourth-order valence-corrected chi connectivity index (χ4v) is 0.953. The van der Waals surface area contributed by atoms with Crippen LogP contribution < -0.4 is 5.32 Å². The fourth-order valence-electron chi connectivity index (χ4n) is 0.482. The molecule has 0 aromatic heterocycles. The molecule has 0 aliphatic carbocycles. The molecule has 0 spiro atoms. The molecule has 0 aromatic rings. The van der Waals surface area contributed by atoms with E-state index in [9.17, 15) is 0 Å². The van der Waals surface area contributed by atoms with Crippen molar-refractivity contribution in [2.75, 3.05) is 6.26 Å². The molecule has 0 amide bonds. The number of nitrogens with one attached hydrogen (secondary N) is 1. The lowest BCUT2D eigenvalue weighted by molar-refractivity contribution is 0.748. The molecule has 4 heteroatoms. The van der Waals surface area contributed by atoms with Crippen LogP contribution in [0.4, 0.5) is 0 Å². The summed E-state index contributed by atoms with van der Waals surface area (Å²) in [6.07, 6.45) is 7.16. The minimum absolute atomic E-state index is 0.658. The van der Waals surface area contributed by atoms with Gasteiger partial charge in [0, 0.05) is 12.4 Å². The van der Waals surface area contributed by atoms with E-state index >= 15 is 0 Å². The largest absolute Gasteiger partial charge is 0.346 e. The first-order valence-corrected chi connectivity index (χ1v) is 4.09. The van der Waals surface area contributed by atoms with Crippen LogP contribution in [0.15, 0.2) is 17.3 Å². The number of nitrogens with zero attached hydrogens (tertiary/aromatic N) is 1. The molecule has 1 atom stereocenters. The summed E-state index contributed by atoms with van der Waals surface area (Å²) in [7, 11) is 0. The van der Waals surface area contributed by atoms with Crippen LogP contribution in [-0.4, -0.2) is 16.9 Å². The molecule has 1 rings (SSSR count). The van der Waals surface area contributed by atoms with Crippen LogP contribution in [0, 0.1) is 0 Å². The van der Waals surface area contributed by atoms with Gasteiger partial charge in [-0.2, -0.15) is 0 Å². The average Bonchev–Trinajstić information content (AvgIpc) is 1.90. The van der Waals surface area contributed by atoms with Crippen LogP contribution in [0.25, 0.3) is 0 Å². The number of allylic oxidation sites excluding steroid dienone is 1. The van der Waals surface area contributed by atoms with E-state index in [1.54, 1.807) is 18.5 Å². The van der Waals surface area contributed by atoms with Crippen molar-refractivity contribution in [3.8, 4) is 0 Å². The number of aliphatic imine (C=N–C) groups is 1. The zero-order valence-electron chi connectivity index (χ0n) is 4.97. The van der Waals surface area contributed by atoms with E-state index in [2.05, 4.69) is 10.3 Å². The van der Waals surface area contributed by atoms with Gasteiger partial charge in [-0.05, 0) is 12.3 Å². The Labute approximate surface area is 63.4 Å². The summed E-state index contributed by atoms with van der Waals surface area (Å²) in [6.45, 7) is 0. The van der Waals surface area contributed by atoms with Crippen LogP contribution in [0.3, 0.4) is 0 Å². The molecule has 9 heavy (non-hydrogen) atoms. The van der Waals surface area contributed by atoms with E-state index in [1.807, 2.05) is 6.26 Å². The van der Waals surface area contributed by atoms with E-state index < -0.39 is 4.45 Å². The lowest BCUT2D eigenvalue weighted by Gasteiger charge is -2.21. The third kappa shape index (κ3) is 1.63. The molecule has 0 radical (unpaired) electrons. The first-order chi connectivity index (χ1) is 4.27. The standard InChI is InChI=1S/C5H7ClN2S/c1-9-5(6)7-3-2-4-8-5/h2-4,7H,1H3. The summed E-state index contributed by atoms with van der Waals surface area (Å²) in [5, 5.41) is 2.90. The lowest BCUT2D eigenvalue weighted by Crippen LogP contribution is -2.31. The highest BCUT2D eigenvalue weighted by Gasteiger charge is 2.22. The van der Waals surface area contributed by atoms with Gasteiger partial charge in [0.1, 0.15) is 0 Å². The molecule has 0 saturated heterocycles. The number of halogens is 1. The van der Waals surface area contributed by atoms with Crippen LogP contribution in [0.2, 0.25) is 0 Å². The van der Waals surface area contributed by atoms with Gasteiger partial charge in [-0.25, -0.2) is 4.99 Å².